The second kappa shape index (κ2) is 16.4. The number of carboxylic acid groups (broad SMARTS) is 1. The molecule has 0 unspecified atom stereocenters. The van der Waals surface area contributed by atoms with E-state index in [1.165, 1.54) is 25.8 Å². The molecule has 0 aliphatic rings. The summed E-state index contributed by atoms with van der Waals surface area (Å²) in [4.78, 5) is 46.4. The normalized spacial score (nSPS) is 12.0. The standard InChI is InChI=1S/C17H24N2O4S.C10H12O3/c1-11(2)16(18)17(23)19-13(8-15(21)22)14(20)10-24-9-12-6-4-3-5-7-12;1-7(11)9-6-8(12-2)4-5-10(9)13-3/h3-7,11,13,16H,8-10,18H2,1-2H3,(H,19,23)(H,21,22);4-6H,1-3H3/t13-,16-;/m0./s1. The highest BCUT2D eigenvalue weighted by molar-refractivity contribution is 7.99. The molecule has 0 bridgehead atoms. The van der Waals surface area contributed by atoms with Gasteiger partial charge in [0.25, 0.3) is 0 Å². The summed E-state index contributed by atoms with van der Waals surface area (Å²) in [5.74, 6) is -0.0798. The fourth-order valence-electron chi connectivity index (χ4n) is 3.02. The third-order valence-corrected chi connectivity index (χ3v) is 6.27. The van der Waals surface area contributed by atoms with Gasteiger partial charge in [0.15, 0.2) is 11.6 Å². The highest BCUT2D eigenvalue weighted by atomic mass is 32.2. The van der Waals surface area contributed by atoms with Gasteiger partial charge in [-0.15, -0.1) is 11.8 Å². The molecule has 1 amide bonds. The minimum atomic E-state index is -1.14. The maximum Gasteiger partial charge on any atom is 0.305 e. The Bertz CT molecular complexity index is 1040. The fourth-order valence-corrected chi connectivity index (χ4v) is 3.96. The Morgan fingerprint density at radius 2 is 1.68 bits per heavy atom. The third-order valence-electron chi connectivity index (χ3n) is 5.25. The Kier molecular flexibility index (Phi) is 14.0. The number of rotatable bonds is 13. The zero-order valence-electron chi connectivity index (χ0n) is 21.9. The number of carbonyl (C=O) groups excluding carboxylic acids is 3. The Hall–Kier alpha value is -3.37. The first-order chi connectivity index (χ1) is 17.5. The second-order valence-corrected chi connectivity index (χ2v) is 9.48. The number of amides is 1. The predicted octanol–water partition coefficient (Wildman–Crippen LogP) is 3.34. The molecule has 0 saturated heterocycles. The molecule has 0 spiro atoms. The maximum atomic E-state index is 12.3. The minimum absolute atomic E-state index is 0.0317. The molecule has 0 saturated carbocycles. The van der Waals surface area contributed by atoms with Crippen LogP contribution in [-0.4, -0.2) is 60.6 Å². The summed E-state index contributed by atoms with van der Waals surface area (Å²) in [6, 6.07) is 13.0. The molecule has 2 aromatic rings. The lowest BCUT2D eigenvalue weighted by Crippen LogP contribution is -2.51. The number of nitrogens with one attached hydrogen (secondary N) is 1. The van der Waals surface area contributed by atoms with Crippen LogP contribution in [0.3, 0.4) is 0 Å². The van der Waals surface area contributed by atoms with Crippen LogP contribution in [0.15, 0.2) is 48.5 Å². The summed E-state index contributed by atoms with van der Waals surface area (Å²) in [7, 11) is 3.10. The Labute approximate surface area is 222 Å². The van der Waals surface area contributed by atoms with Crippen LogP contribution in [-0.2, 0) is 20.1 Å². The van der Waals surface area contributed by atoms with E-state index in [2.05, 4.69) is 5.32 Å². The van der Waals surface area contributed by atoms with Crippen molar-refractivity contribution in [1.29, 1.82) is 0 Å². The molecular weight excluding hydrogens is 496 g/mol. The number of thioether (sulfide) groups is 1. The molecule has 37 heavy (non-hydrogen) atoms. The van der Waals surface area contributed by atoms with Gasteiger partial charge in [0.05, 0.1) is 44.0 Å². The number of ketones is 2. The molecule has 9 nitrogen and oxygen atoms in total. The Balaban J connectivity index is 0.000000442. The van der Waals surface area contributed by atoms with Crippen LogP contribution in [0.2, 0.25) is 0 Å². The number of ether oxygens (including phenoxy) is 2. The van der Waals surface area contributed by atoms with Crippen molar-refractivity contribution < 1.29 is 33.8 Å². The summed E-state index contributed by atoms with van der Waals surface area (Å²) in [5, 5.41) is 11.4. The lowest BCUT2D eigenvalue weighted by atomic mass is 10.0. The average molecular weight is 533 g/mol. The molecule has 4 N–H and O–H groups in total. The van der Waals surface area contributed by atoms with Crippen LogP contribution in [0.4, 0.5) is 0 Å². The summed E-state index contributed by atoms with van der Waals surface area (Å²) in [6.45, 7) is 5.07. The van der Waals surface area contributed by atoms with E-state index in [9.17, 15) is 19.2 Å². The van der Waals surface area contributed by atoms with Crippen LogP contribution < -0.4 is 20.5 Å². The number of carboxylic acids is 1. The lowest BCUT2D eigenvalue weighted by Gasteiger charge is -2.20. The molecule has 10 heteroatoms. The minimum Gasteiger partial charge on any atom is -0.497 e. The van der Waals surface area contributed by atoms with Crippen molar-refractivity contribution in [2.24, 2.45) is 11.7 Å². The predicted molar refractivity (Wildman–Crippen MR) is 144 cm³/mol. The zero-order chi connectivity index (χ0) is 28.0. The molecule has 0 aromatic heterocycles. The fraction of sp³-hybridized carbons (Fsp3) is 0.407. The van der Waals surface area contributed by atoms with Crippen LogP contribution in [0.1, 0.15) is 43.1 Å². The van der Waals surface area contributed by atoms with E-state index in [1.807, 2.05) is 30.3 Å². The monoisotopic (exact) mass is 532 g/mol. The van der Waals surface area contributed by atoms with E-state index in [4.69, 9.17) is 20.3 Å². The molecule has 0 heterocycles. The molecule has 2 aromatic carbocycles. The van der Waals surface area contributed by atoms with Crippen molar-refractivity contribution in [3.63, 3.8) is 0 Å². The van der Waals surface area contributed by atoms with Crippen LogP contribution >= 0.6 is 11.8 Å². The number of hydrogen-bond acceptors (Lipinski definition) is 8. The summed E-state index contributed by atoms with van der Waals surface area (Å²) in [6.07, 6.45) is -0.443. The summed E-state index contributed by atoms with van der Waals surface area (Å²) >= 11 is 1.39. The first kappa shape index (κ1) is 31.7. The van der Waals surface area contributed by atoms with Crippen LogP contribution in [0.25, 0.3) is 0 Å². The smallest absolute Gasteiger partial charge is 0.305 e. The summed E-state index contributed by atoms with van der Waals surface area (Å²) < 4.78 is 10.0. The van der Waals surface area contributed by atoms with Gasteiger partial charge in [-0.3, -0.25) is 19.2 Å². The van der Waals surface area contributed by atoms with Crippen molar-refractivity contribution in [1.82, 2.24) is 5.32 Å². The van der Waals surface area contributed by atoms with Gasteiger partial charge in [-0.1, -0.05) is 44.2 Å². The van der Waals surface area contributed by atoms with E-state index in [0.717, 1.165) is 5.56 Å². The topological polar surface area (TPSA) is 145 Å². The average Bonchev–Trinajstić information content (AvgIpc) is 2.87. The van der Waals surface area contributed by atoms with Crippen molar-refractivity contribution in [2.45, 2.75) is 45.0 Å². The highest BCUT2D eigenvalue weighted by Gasteiger charge is 2.26. The van der Waals surface area contributed by atoms with E-state index in [0.29, 0.717) is 22.8 Å². The number of carbonyl (C=O) groups is 4. The number of methoxy groups -OCH3 is 2. The number of hydrogen-bond donors (Lipinski definition) is 3. The van der Waals surface area contributed by atoms with E-state index >= 15 is 0 Å². The highest BCUT2D eigenvalue weighted by Crippen LogP contribution is 2.24. The molecular formula is C27H36N2O7S. The number of Topliss-reactive ketones (excluding diaryl/α,β-unsaturated/α-hetero) is 2. The zero-order valence-corrected chi connectivity index (χ0v) is 22.7. The Morgan fingerprint density at radius 3 is 2.19 bits per heavy atom. The van der Waals surface area contributed by atoms with Gasteiger partial charge in [-0.2, -0.15) is 0 Å². The molecule has 0 aliphatic heterocycles. The molecule has 2 rings (SSSR count). The summed E-state index contributed by atoms with van der Waals surface area (Å²) in [5.41, 5.74) is 7.36. The molecule has 0 aliphatic carbocycles. The first-order valence-corrected chi connectivity index (χ1v) is 12.8. The van der Waals surface area contributed by atoms with Gasteiger partial charge >= 0.3 is 5.97 Å². The maximum absolute atomic E-state index is 12.3. The quantitative estimate of drug-likeness (QED) is 0.331. The Morgan fingerprint density at radius 1 is 1.03 bits per heavy atom. The molecule has 0 radical (unpaired) electrons. The van der Waals surface area contributed by atoms with Gasteiger partial charge < -0.3 is 25.6 Å². The second-order valence-electron chi connectivity index (χ2n) is 8.50. The first-order valence-electron chi connectivity index (χ1n) is 11.6. The van der Waals surface area contributed by atoms with Gasteiger partial charge in [0.1, 0.15) is 11.5 Å². The van der Waals surface area contributed by atoms with Gasteiger partial charge in [0.2, 0.25) is 5.91 Å². The van der Waals surface area contributed by atoms with Crippen molar-refractivity contribution >= 4 is 35.2 Å². The lowest BCUT2D eigenvalue weighted by molar-refractivity contribution is -0.140. The SMILES string of the molecule is CC(C)[C@H](N)C(=O)N[C@@H](CC(=O)O)C(=O)CSCc1ccccc1.COc1ccc(OC)c(C(C)=O)c1. The van der Waals surface area contributed by atoms with Crippen molar-refractivity contribution in [3.8, 4) is 11.5 Å². The third kappa shape index (κ3) is 11.5. The number of nitrogens with two attached hydrogens (primary N) is 1. The number of benzene rings is 2. The molecule has 2 atom stereocenters. The molecule has 0 fully saturated rings. The van der Waals surface area contributed by atoms with Crippen LogP contribution in [0, 0.1) is 5.92 Å². The van der Waals surface area contributed by atoms with E-state index in [1.54, 1.807) is 39.2 Å². The van der Waals surface area contributed by atoms with Gasteiger partial charge in [0, 0.05) is 5.75 Å². The largest absolute Gasteiger partial charge is 0.497 e. The van der Waals surface area contributed by atoms with Gasteiger partial charge in [-0.25, -0.2) is 0 Å². The van der Waals surface area contributed by atoms with E-state index < -0.39 is 30.4 Å². The van der Waals surface area contributed by atoms with Crippen molar-refractivity contribution in [3.05, 3.63) is 59.7 Å². The van der Waals surface area contributed by atoms with Crippen molar-refractivity contribution in [2.75, 3.05) is 20.0 Å². The molecule has 202 valence electrons. The van der Waals surface area contributed by atoms with Gasteiger partial charge in [-0.05, 0) is 36.6 Å². The number of aliphatic carboxylic acids is 1. The van der Waals surface area contributed by atoms with E-state index in [-0.39, 0.29) is 23.2 Å². The van der Waals surface area contributed by atoms with Crippen LogP contribution in [0.5, 0.6) is 11.5 Å².